The number of likely N-dealkylation sites (tertiary alicyclic amines) is 2. The summed E-state index contributed by atoms with van der Waals surface area (Å²) < 4.78 is 1.06. The maximum atomic E-state index is 13.2. The van der Waals surface area contributed by atoms with Crippen LogP contribution >= 0.6 is 15.9 Å². The van der Waals surface area contributed by atoms with Gasteiger partial charge in [0.15, 0.2) is 5.65 Å². The molecule has 5 rings (SSSR count). The fourth-order valence-electron chi connectivity index (χ4n) is 5.55. The van der Waals surface area contributed by atoms with E-state index in [1.807, 2.05) is 36.1 Å². The van der Waals surface area contributed by atoms with Gasteiger partial charge in [0.2, 0.25) is 0 Å². The summed E-state index contributed by atoms with van der Waals surface area (Å²) in [7, 11) is 0. The number of rotatable bonds is 6. The van der Waals surface area contributed by atoms with Gasteiger partial charge in [-0.2, -0.15) is 0 Å². The highest BCUT2D eigenvalue weighted by molar-refractivity contribution is 9.10. The van der Waals surface area contributed by atoms with Crippen LogP contribution in [0.2, 0.25) is 0 Å². The number of hydrogen-bond acceptors (Lipinski definition) is 6. The molecule has 3 aromatic rings. The van der Waals surface area contributed by atoms with Crippen molar-refractivity contribution in [1.82, 2.24) is 19.8 Å². The van der Waals surface area contributed by atoms with Gasteiger partial charge >= 0.3 is 0 Å². The number of amides is 1. The molecule has 37 heavy (non-hydrogen) atoms. The molecule has 0 aliphatic carbocycles. The van der Waals surface area contributed by atoms with Gasteiger partial charge in [0.05, 0.1) is 5.71 Å². The van der Waals surface area contributed by atoms with Gasteiger partial charge < -0.3 is 9.74 Å². The summed E-state index contributed by atoms with van der Waals surface area (Å²) in [5.74, 6) is 0.376. The number of hydrogen-bond donors (Lipinski definition) is 0. The zero-order chi connectivity index (χ0) is 25.8. The van der Waals surface area contributed by atoms with Crippen LogP contribution in [-0.4, -0.2) is 69.7 Å². The van der Waals surface area contributed by atoms with Crippen molar-refractivity contribution in [2.24, 2.45) is 11.1 Å². The highest BCUT2D eigenvalue weighted by Gasteiger charge is 2.39. The first-order valence-corrected chi connectivity index (χ1v) is 14.0. The molecule has 2 aromatic heterocycles. The van der Waals surface area contributed by atoms with Crippen LogP contribution in [0.15, 0.2) is 64.4 Å². The quantitative estimate of drug-likeness (QED) is 0.291. The minimum Gasteiger partial charge on any atom is -0.396 e. The Bertz CT molecular complexity index is 1260. The van der Waals surface area contributed by atoms with Crippen LogP contribution < -0.4 is 0 Å². The smallest absolute Gasteiger partial charge is 0.272 e. The molecule has 8 heteroatoms. The number of pyridine rings is 2. The van der Waals surface area contributed by atoms with E-state index in [4.69, 9.17) is 4.84 Å². The minimum absolute atomic E-state index is 0.000383. The van der Waals surface area contributed by atoms with Gasteiger partial charge in [-0.1, -0.05) is 33.2 Å². The van der Waals surface area contributed by atoms with Gasteiger partial charge in [-0.15, -0.1) is 0 Å². The van der Waals surface area contributed by atoms with Gasteiger partial charge in [0.1, 0.15) is 12.3 Å². The lowest BCUT2D eigenvalue weighted by molar-refractivity contribution is 0.0159. The van der Waals surface area contributed by atoms with Crippen LogP contribution in [0.3, 0.4) is 0 Å². The number of carbonyl (C=O) groups excluding carboxylic acids is 1. The first-order chi connectivity index (χ1) is 18.0. The van der Waals surface area contributed by atoms with Crippen molar-refractivity contribution in [3.63, 3.8) is 0 Å². The van der Waals surface area contributed by atoms with Crippen molar-refractivity contribution in [3.05, 3.63) is 70.5 Å². The Hall–Kier alpha value is -2.84. The second kappa shape index (κ2) is 11.3. The van der Waals surface area contributed by atoms with E-state index in [9.17, 15) is 4.79 Å². The SMILES string of the molecule is CCON=C(c1ccc(Br)cc1)C1CCN(C2(C)CCN(C(=O)c3ccc4cccnc4n3)CC2)CC1. The first kappa shape index (κ1) is 25.8. The second-order valence-corrected chi connectivity index (χ2v) is 11.1. The molecule has 0 unspecified atom stereocenters. The van der Waals surface area contributed by atoms with Crippen molar-refractivity contribution < 1.29 is 9.63 Å². The lowest BCUT2D eigenvalue weighted by Crippen LogP contribution is -2.56. The molecule has 2 aliphatic heterocycles. The van der Waals surface area contributed by atoms with Crippen molar-refractivity contribution in [2.45, 2.75) is 45.1 Å². The number of halogens is 1. The summed E-state index contributed by atoms with van der Waals surface area (Å²) >= 11 is 3.53. The summed E-state index contributed by atoms with van der Waals surface area (Å²) in [6.45, 7) is 8.43. The Labute approximate surface area is 227 Å². The average molecular weight is 565 g/mol. The number of nitrogens with zero attached hydrogens (tertiary/aromatic N) is 5. The van der Waals surface area contributed by atoms with E-state index >= 15 is 0 Å². The predicted molar refractivity (Wildman–Crippen MR) is 150 cm³/mol. The largest absolute Gasteiger partial charge is 0.396 e. The molecule has 0 spiro atoms. The number of carbonyl (C=O) groups is 1. The van der Waals surface area contributed by atoms with Crippen molar-refractivity contribution in [3.8, 4) is 0 Å². The molecule has 1 aromatic carbocycles. The third-order valence-corrected chi connectivity index (χ3v) is 8.42. The van der Waals surface area contributed by atoms with E-state index in [1.54, 1.807) is 6.20 Å². The summed E-state index contributed by atoms with van der Waals surface area (Å²) in [5, 5.41) is 5.47. The summed E-state index contributed by atoms with van der Waals surface area (Å²) in [5.41, 5.74) is 3.37. The highest BCUT2D eigenvalue weighted by Crippen LogP contribution is 2.34. The standard InChI is InChI=1S/C29H34BrN5O2/c1-3-37-33-26(21-6-9-24(30)10-7-21)22-12-17-35(18-13-22)29(2)14-19-34(20-15-29)28(36)25-11-8-23-5-4-16-31-27(23)32-25/h4-11,16,22H,3,12-15,17-20H2,1-2H3. The molecule has 0 bridgehead atoms. The molecule has 0 N–H and O–H groups in total. The zero-order valence-corrected chi connectivity index (χ0v) is 23.2. The van der Waals surface area contributed by atoms with Crippen LogP contribution in [0.1, 0.15) is 55.6 Å². The van der Waals surface area contributed by atoms with E-state index in [0.717, 1.165) is 73.0 Å². The van der Waals surface area contributed by atoms with Crippen LogP contribution in [0.25, 0.3) is 11.0 Å². The fourth-order valence-corrected chi connectivity index (χ4v) is 5.82. The molecule has 0 atom stereocenters. The van der Waals surface area contributed by atoms with Crippen molar-refractivity contribution >= 4 is 38.6 Å². The molecule has 2 saturated heterocycles. The summed E-state index contributed by atoms with van der Waals surface area (Å²) in [4.78, 5) is 32.1. The van der Waals surface area contributed by atoms with Gasteiger partial charge in [-0.05, 0) is 94.6 Å². The Balaban J connectivity index is 1.20. The molecule has 7 nitrogen and oxygen atoms in total. The molecule has 2 aliphatic rings. The predicted octanol–water partition coefficient (Wildman–Crippen LogP) is 5.54. The van der Waals surface area contributed by atoms with Gasteiger partial charge in [0.25, 0.3) is 5.91 Å². The molecular formula is C29H34BrN5O2. The van der Waals surface area contributed by atoms with Crippen LogP contribution in [0.4, 0.5) is 0 Å². The number of piperidine rings is 2. The Morgan fingerprint density at radius 1 is 1.08 bits per heavy atom. The highest BCUT2D eigenvalue weighted by atomic mass is 79.9. The van der Waals surface area contributed by atoms with Crippen LogP contribution in [0, 0.1) is 5.92 Å². The Morgan fingerprint density at radius 3 is 2.51 bits per heavy atom. The zero-order valence-electron chi connectivity index (χ0n) is 21.6. The lowest BCUT2D eigenvalue weighted by Gasteiger charge is -2.49. The first-order valence-electron chi connectivity index (χ1n) is 13.2. The van der Waals surface area contributed by atoms with E-state index in [2.05, 4.69) is 67.1 Å². The Kier molecular flexibility index (Phi) is 7.86. The molecule has 194 valence electrons. The van der Waals surface area contributed by atoms with Crippen LogP contribution in [-0.2, 0) is 4.84 Å². The van der Waals surface area contributed by atoms with E-state index in [1.165, 1.54) is 0 Å². The number of oxime groups is 1. The van der Waals surface area contributed by atoms with E-state index in [0.29, 0.717) is 23.9 Å². The molecule has 0 saturated carbocycles. The van der Waals surface area contributed by atoms with Crippen LogP contribution in [0.5, 0.6) is 0 Å². The molecule has 2 fully saturated rings. The summed E-state index contributed by atoms with van der Waals surface area (Å²) in [6.07, 6.45) is 5.73. The molecule has 0 radical (unpaired) electrons. The Morgan fingerprint density at radius 2 is 1.81 bits per heavy atom. The molecule has 4 heterocycles. The van der Waals surface area contributed by atoms with E-state index < -0.39 is 0 Å². The van der Waals surface area contributed by atoms with Gasteiger partial charge in [-0.3, -0.25) is 9.69 Å². The number of benzene rings is 1. The lowest BCUT2D eigenvalue weighted by atomic mass is 9.82. The topological polar surface area (TPSA) is 70.9 Å². The van der Waals surface area contributed by atoms with Gasteiger partial charge in [0, 0.05) is 40.6 Å². The second-order valence-electron chi connectivity index (χ2n) is 10.2. The number of aromatic nitrogens is 2. The molecule has 1 amide bonds. The van der Waals surface area contributed by atoms with E-state index in [-0.39, 0.29) is 11.4 Å². The third-order valence-electron chi connectivity index (χ3n) is 7.89. The maximum absolute atomic E-state index is 13.2. The summed E-state index contributed by atoms with van der Waals surface area (Å²) in [6, 6.07) is 15.9. The number of fused-ring (bicyclic) bond motifs is 1. The minimum atomic E-state index is -0.000383. The van der Waals surface area contributed by atoms with Gasteiger partial charge in [-0.25, -0.2) is 9.97 Å². The van der Waals surface area contributed by atoms with Crippen molar-refractivity contribution in [1.29, 1.82) is 0 Å². The third kappa shape index (κ3) is 5.70. The fraction of sp³-hybridized carbons (Fsp3) is 0.448. The molecular weight excluding hydrogens is 530 g/mol. The van der Waals surface area contributed by atoms with Crippen molar-refractivity contribution in [2.75, 3.05) is 32.8 Å². The maximum Gasteiger partial charge on any atom is 0.272 e. The average Bonchev–Trinajstić information content (AvgIpc) is 2.94. The normalized spacial score (nSPS) is 19.2. The monoisotopic (exact) mass is 563 g/mol.